The molecule has 1 amide bonds. The van der Waals surface area contributed by atoms with Gasteiger partial charge in [0.1, 0.15) is 0 Å². The van der Waals surface area contributed by atoms with Crippen LogP contribution in [0.2, 0.25) is 10.0 Å². The van der Waals surface area contributed by atoms with Gasteiger partial charge in [-0.25, -0.2) is 0 Å². The predicted molar refractivity (Wildman–Crippen MR) is 101 cm³/mol. The molecule has 2 aromatic heterocycles. The van der Waals surface area contributed by atoms with Gasteiger partial charge in [-0.1, -0.05) is 29.3 Å². The van der Waals surface area contributed by atoms with Crippen LogP contribution in [0.4, 0.5) is 0 Å². The zero-order valence-electron chi connectivity index (χ0n) is 13.3. The third-order valence-electron chi connectivity index (χ3n) is 4.44. The van der Waals surface area contributed by atoms with E-state index >= 15 is 0 Å². The molecule has 0 fully saturated rings. The lowest BCUT2D eigenvalue weighted by molar-refractivity contribution is 0.0773. The van der Waals surface area contributed by atoms with E-state index in [1.807, 2.05) is 18.3 Å². The minimum atomic E-state index is -0.0974. The van der Waals surface area contributed by atoms with Crippen LogP contribution in [0.15, 0.2) is 48.8 Å². The summed E-state index contributed by atoms with van der Waals surface area (Å²) in [5.41, 5.74) is 4.73. The quantitative estimate of drug-likeness (QED) is 0.703. The van der Waals surface area contributed by atoms with Crippen LogP contribution in [0.25, 0.3) is 16.6 Å². The summed E-state index contributed by atoms with van der Waals surface area (Å²) < 4.78 is 0. The molecule has 0 unspecified atom stereocenters. The lowest BCUT2D eigenvalue weighted by Gasteiger charge is -2.27. The second-order valence-electron chi connectivity index (χ2n) is 5.96. The maximum absolute atomic E-state index is 12.7. The van der Waals surface area contributed by atoms with Crippen LogP contribution in [-0.4, -0.2) is 33.9 Å². The number of rotatable bonds is 2. The maximum Gasteiger partial charge on any atom is 0.255 e. The number of pyridine rings is 1. The zero-order chi connectivity index (χ0) is 17.4. The molecular formula is C19H15Cl2N3O. The Balaban J connectivity index is 1.58. The summed E-state index contributed by atoms with van der Waals surface area (Å²) in [5.74, 6) is -0.0974. The molecule has 0 radical (unpaired) electrons. The molecule has 0 saturated heterocycles. The lowest BCUT2D eigenvalue weighted by atomic mass is 10.0. The highest BCUT2D eigenvalue weighted by atomic mass is 35.5. The smallest absolute Gasteiger partial charge is 0.255 e. The summed E-state index contributed by atoms with van der Waals surface area (Å²) in [6, 6.07) is 8.87. The summed E-state index contributed by atoms with van der Waals surface area (Å²) in [7, 11) is 0. The molecule has 0 bridgehead atoms. The number of hydrogen-bond donors (Lipinski definition) is 1. The number of halogens is 2. The van der Waals surface area contributed by atoms with Crippen LogP contribution in [0.5, 0.6) is 0 Å². The third-order valence-corrected chi connectivity index (χ3v) is 5.00. The van der Waals surface area contributed by atoms with Gasteiger partial charge >= 0.3 is 0 Å². The molecule has 0 spiro atoms. The van der Waals surface area contributed by atoms with E-state index in [1.54, 1.807) is 29.3 Å². The van der Waals surface area contributed by atoms with E-state index in [-0.39, 0.29) is 5.91 Å². The number of carbonyl (C=O) groups excluding carboxylic acids is 1. The summed E-state index contributed by atoms with van der Waals surface area (Å²) >= 11 is 12.1. The van der Waals surface area contributed by atoms with Gasteiger partial charge in [-0.05, 0) is 42.3 Å². The number of carbonyl (C=O) groups is 1. The molecule has 0 saturated carbocycles. The van der Waals surface area contributed by atoms with E-state index in [9.17, 15) is 4.79 Å². The molecule has 1 aliphatic heterocycles. The number of nitrogens with one attached hydrogen (secondary N) is 1. The zero-order valence-corrected chi connectivity index (χ0v) is 14.8. The van der Waals surface area contributed by atoms with E-state index < -0.39 is 0 Å². The maximum atomic E-state index is 12.7. The van der Waals surface area contributed by atoms with Gasteiger partial charge in [0.15, 0.2) is 0 Å². The van der Waals surface area contributed by atoms with Crippen molar-refractivity contribution in [3.63, 3.8) is 0 Å². The summed E-state index contributed by atoms with van der Waals surface area (Å²) in [6.07, 6.45) is 6.62. The Morgan fingerprint density at radius 2 is 2.12 bits per heavy atom. The highest BCUT2D eigenvalue weighted by molar-refractivity contribution is 6.35. The van der Waals surface area contributed by atoms with Gasteiger partial charge in [-0.2, -0.15) is 0 Å². The van der Waals surface area contributed by atoms with E-state index in [4.69, 9.17) is 23.2 Å². The molecular weight excluding hydrogens is 357 g/mol. The lowest BCUT2D eigenvalue weighted by Crippen LogP contribution is -2.34. The topological polar surface area (TPSA) is 49.0 Å². The Bertz CT molecular complexity index is 993. The number of fused-ring (bicyclic) bond motifs is 1. The predicted octanol–water partition coefficient (Wildman–Crippen LogP) is 4.80. The minimum Gasteiger partial charge on any atom is -0.359 e. The molecule has 0 atom stereocenters. The van der Waals surface area contributed by atoms with Crippen molar-refractivity contribution in [1.82, 2.24) is 14.9 Å². The standard InChI is InChI=1S/C19H15Cl2N3O/c20-13-3-4-16(21)14(10-13)19(25)24-8-5-12(6-9-24)15-11-23-17-2-1-7-22-18(15)17/h1-5,7,10-11,23H,6,8-9H2. The number of aromatic amines is 1. The van der Waals surface area contributed by atoms with Gasteiger partial charge in [-0.3, -0.25) is 9.78 Å². The second kappa shape index (κ2) is 6.54. The number of benzene rings is 1. The first kappa shape index (κ1) is 16.2. The van der Waals surface area contributed by atoms with Gasteiger partial charge in [0.05, 0.1) is 21.6 Å². The van der Waals surface area contributed by atoms with E-state index in [0.717, 1.165) is 23.0 Å². The summed E-state index contributed by atoms with van der Waals surface area (Å²) in [6.45, 7) is 1.17. The van der Waals surface area contributed by atoms with Crippen LogP contribution in [0.1, 0.15) is 22.3 Å². The van der Waals surface area contributed by atoms with Crippen molar-refractivity contribution >= 4 is 45.7 Å². The Morgan fingerprint density at radius 3 is 2.92 bits per heavy atom. The largest absolute Gasteiger partial charge is 0.359 e. The molecule has 25 heavy (non-hydrogen) atoms. The van der Waals surface area contributed by atoms with Gasteiger partial charge in [-0.15, -0.1) is 0 Å². The van der Waals surface area contributed by atoms with Crippen molar-refractivity contribution in [1.29, 1.82) is 0 Å². The third kappa shape index (κ3) is 3.03. The van der Waals surface area contributed by atoms with Crippen molar-refractivity contribution in [3.8, 4) is 0 Å². The summed E-state index contributed by atoms with van der Waals surface area (Å²) in [4.78, 5) is 22.2. The number of aromatic nitrogens is 2. The molecule has 4 nitrogen and oxygen atoms in total. The highest BCUT2D eigenvalue weighted by Gasteiger charge is 2.22. The Kier molecular flexibility index (Phi) is 4.24. The van der Waals surface area contributed by atoms with Crippen LogP contribution in [0.3, 0.4) is 0 Å². The molecule has 1 aliphatic rings. The Morgan fingerprint density at radius 1 is 1.24 bits per heavy atom. The monoisotopic (exact) mass is 371 g/mol. The molecule has 1 aromatic carbocycles. The number of amides is 1. The van der Waals surface area contributed by atoms with E-state index in [0.29, 0.717) is 28.7 Å². The van der Waals surface area contributed by atoms with Gasteiger partial charge in [0.2, 0.25) is 0 Å². The molecule has 4 rings (SSSR count). The Hall–Kier alpha value is -2.30. The number of hydrogen-bond acceptors (Lipinski definition) is 2. The Labute approximate surface area is 155 Å². The SMILES string of the molecule is O=C(c1cc(Cl)ccc1Cl)N1CC=C(c2c[nH]c3cccnc23)CC1. The van der Waals surface area contributed by atoms with Crippen LogP contribution in [0, 0.1) is 0 Å². The van der Waals surface area contributed by atoms with Crippen LogP contribution < -0.4 is 0 Å². The van der Waals surface area contributed by atoms with Gasteiger partial charge < -0.3 is 9.88 Å². The average Bonchev–Trinajstić information content (AvgIpc) is 3.07. The first-order chi connectivity index (χ1) is 12.1. The van der Waals surface area contributed by atoms with Crippen molar-refractivity contribution in [2.45, 2.75) is 6.42 Å². The van der Waals surface area contributed by atoms with E-state index in [2.05, 4.69) is 16.0 Å². The fourth-order valence-electron chi connectivity index (χ4n) is 3.13. The van der Waals surface area contributed by atoms with Crippen LogP contribution >= 0.6 is 23.2 Å². The van der Waals surface area contributed by atoms with Crippen LogP contribution in [-0.2, 0) is 0 Å². The number of H-pyrrole nitrogens is 1. The number of nitrogens with zero attached hydrogens (tertiary/aromatic N) is 2. The fourth-order valence-corrected chi connectivity index (χ4v) is 3.50. The van der Waals surface area contributed by atoms with Crippen molar-refractivity contribution in [2.75, 3.05) is 13.1 Å². The van der Waals surface area contributed by atoms with E-state index in [1.165, 1.54) is 5.57 Å². The fraction of sp³-hybridized carbons (Fsp3) is 0.158. The average molecular weight is 372 g/mol. The second-order valence-corrected chi connectivity index (χ2v) is 6.80. The van der Waals surface area contributed by atoms with Crippen molar-refractivity contribution in [3.05, 3.63) is 70.0 Å². The first-order valence-corrected chi connectivity index (χ1v) is 8.75. The summed E-state index contributed by atoms with van der Waals surface area (Å²) in [5, 5.41) is 0.927. The minimum absolute atomic E-state index is 0.0974. The molecule has 6 heteroatoms. The molecule has 126 valence electrons. The van der Waals surface area contributed by atoms with Gasteiger partial charge in [0.25, 0.3) is 5.91 Å². The highest BCUT2D eigenvalue weighted by Crippen LogP contribution is 2.29. The van der Waals surface area contributed by atoms with Gasteiger partial charge in [0, 0.05) is 36.1 Å². The molecule has 1 N–H and O–H groups in total. The molecule has 3 aromatic rings. The molecule has 3 heterocycles. The normalized spacial score (nSPS) is 14.6. The van der Waals surface area contributed by atoms with Crippen molar-refractivity contribution < 1.29 is 4.79 Å². The first-order valence-electron chi connectivity index (χ1n) is 7.99. The molecule has 0 aliphatic carbocycles. The van der Waals surface area contributed by atoms with Crippen molar-refractivity contribution in [2.24, 2.45) is 0 Å².